The van der Waals surface area contributed by atoms with Crippen LogP contribution in [0.2, 0.25) is 0 Å². The van der Waals surface area contributed by atoms with Crippen molar-refractivity contribution >= 4 is 33.2 Å². The molecular weight excluding hydrogens is 304 g/mol. The Morgan fingerprint density at radius 1 is 1.40 bits per heavy atom. The molecule has 1 aliphatic heterocycles. The maximum absolute atomic E-state index is 12.4. The second kappa shape index (κ2) is 5.51. The molecule has 1 fully saturated rings. The molecule has 9 heteroatoms. The first kappa shape index (κ1) is 14.9. The van der Waals surface area contributed by atoms with Crippen LogP contribution in [-0.4, -0.2) is 61.3 Å². The van der Waals surface area contributed by atoms with E-state index < -0.39 is 16.0 Å². The zero-order valence-electron chi connectivity index (χ0n) is 10.8. The van der Waals surface area contributed by atoms with E-state index in [4.69, 9.17) is 5.11 Å². The Hall–Kier alpha value is -1.45. The molecule has 110 valence electrons. The van der Waals surface area contributed by atoms with Gasteiger partial charge in [0.2, 0.25) is 5.91 Å². The van der Waals surface area contributed by atoms with Crippen LogP contribution in [-0.2, 0) is 26.0 Å². The number of carboxylic acid groups (broad SMARTS) is 1. The van der Waals surface area contributed by atoms with Crippen molar-refractivity contribution in [3.05, 3.63) is 17.0 Å². The lowest BCUT2D eigenvalue weighted by molar-refractivity contribution is -0.136. The van der Waals surface area contributed by atoms with Gasteiger partial charge < -0.3 is 10.0 Å². The lowest BCUT2D eigenvalue weighted by atomic mass is 10.3. The number of likely N-dealkylation sites (N-methyl/N-ethyl adjacent to an activating group) is 1. The van der Waals surface area contributed by atoms with Crippen molar-refractivity contribution in [3.63, 3.8) is 0 Å². The maximum Gasteiger partial charge on any atom is 0.308 e. The molecule has 20 heavy (non-hydrogen) atoms. The largest absolute Gasteiger partial charge is 0.481 e. The van der Waals surface area contributed by atoms with Crippen molar-refractivity contribution in [2.75, 3.05) is 26.7 Å². The number of piperazine rings is 1. The SMILES string of the molecule is CN1CCN(S(=O)(=O)c2ccc(CC(=O)O)s2)CC1=O. The van der Waals surface area contributed by atoms with Gasteiger partial charge >= 0.3 is 5.97 Å². The van der Waals surface area contributed by atoms with Gasteiger partial charge in [-0.05, 0) is 12.1 Å². The van der Waals surface area contributed by atoms with Gasteiger partial charge in [-0.2, -0.15) is 4.31 Å². The lowest BCUT2D eigenvalue weighted by Gasteiger charge is -2.30. The molecule has 0 unspecified atom stereocenters. The molecular formula is C11H14N2O5S2. The van der Waals surface area contributed by atoms with Crippen LogP contribution >= 0.6 is 11.3 Å². The third kappa shape index (κ3) is 3.00. The number of carbonyl (C=O) groups excluding carboxylic acids is 1. The minimum atomic E-state index is -3.72. The molecule has 0 radical (unpaired) electrons. The minimum absolute atomic E-state index is 0.0751. The van der Waals surface area contributed by atoms with E-state index in [1.165, 1.54) is 17.0 Å². The first-order valence-corrected chi connectivity index (χ1v) is 8.11. The van der Waals surface area contributed by atoms with Gasteiger partial charge in [-0.25, -0.2) is 8.42 Å². The van der Waals surface area contributed by atoms with Crippen molar-refractivity contribution in [1.29, 1.82) is 0 Å². The lowest BCUT2D eigenvalue weighted by Crippen LogP contribution is -2.50. The monoisotopic (exact) mass is 318 g/mol. The van der Waals surface area contributed by atoms with Crippen LogP contribution in [0, 0.1) is 0 Å². The number of carbonyl (C=O) groups is 2. The second-order valence-electron chi connectivity index (χ2n) is 4.45. The zero-order valence-corrected chi connectivity index (χ0v) is 12.4. The number of sulfonamides is 1. The van der Waals surface area contributed by atoms with Crippen LogP contribution in [0.15, 0.2) is 16.3 Å². The van der Waals surface area contributed by atoms with Gasteiger partial charge in [-0.3, -0.25) is 9.59 Å². The van der Waals surface area contributed by atoms with Gasteiger partial charge in [0.25, 0.3) is 10.0 Å². The van der Waals surface area contributed by atoms with Crippen LogP contribution in [0.4, 0.5) is 0 Å². The summed E-state index contributed by atoms with van der Waals surface area (Å²) in [7, 11) is -2.09. The zero-order chi connectivity index (χ0) is 14.9. The average molecular weight is 318 g/mol. The molecule has 1 aliphatic rings. The number of nitrogens with zero attached hydrogens (tertiary/aromatic N) is 2. The van der Waals surface area contributed by atoms with E-state index in [-0.39, 0.29) is 29.6 Å². The van der Waals surface area contributed by atoms with Gasteiger partial charge in [0, 0.05) is 25.0 Å². The third-order valence-electron chi connectivity index (χ3n) is 2.98. The number of hydrogen-bond donors (Lipinski definition) is 1. The first-order valence-electron chi connectivity index (χ1n) is 5.85. The summed E-state index contributed by atoms with van der Waals surface area (Å²) in [6.45, 7) is 0.424. The molecule has 0 aliphatic carbocycles. The summed E-state index contributed by atoms with van der Waals surface area (Å²) >= 11 is 0.928. The summed E-state index contributed by atoms with van der Waals surface area (Å²) in [5, 5.41) is 8.69. The standard InChI is InChI=1S/C11H14N2O5S2/c1-12-4-5-13(7-9(12)14)20(17,18)11-3-2-8(19-11)6-10(15)16/h2-3H,4-7H2,1H3,(H,15,16). The molecule has 0 spiro atoms. The fourth-order valence-electron chi connectivity index (χ4n) is 1.81. The summed E-state index contributed by atoms with van der Waals surface area (Å²) < 4.78 is 25.9. The topological polar surface area (TPSA) is 95.0 Å². The Morgan fingerprint density at radius 2 is 2.10 bits per heavy atom. The number of hydrogen-bond acceptors (Lipinski definition) is 5. The van der Waals surface area contributed by atoms with Crippen LogP contribution in [0.5, 0.6) is 0 Å². The summed E-state index contributed by atoms with van der Waals surface area (Å²) in [6, 6.07) is 2.88. The van der Waals surface area contributed by atoms with Crippen LogP contribution < -0.4 is 0 Å². The van der Waals surface area contributed by atoms with E-state index in [0.717, 1.165) is 15.6 Å². The Labute approximate surface area is 120 Å². The average Bonchev–Trinajstić information content (AvgIpc) is 2.80. The van der Waals surface area contributed by atoms with Crippen molar-refractivity contribution in [1.82, 2.24) is 9.21 Å². The Balaban J connectivity index is 2.20. The van der Waals surface area contributed by atoms with Gasteiger partial charge in [-0.15, -0.1) is 11.3 Å². The van der Waals surface area contributed by atoms with E-state index in [9.17, 15) is 18.0 Å². The molecule has 1 amide bonds. The predicted molar refractivity (Wildman–Crippen MR) is 72.1 cm³/mol. The Morgan fingerprint density at radius 3 is 2.70 bits per heavy atom. The first-order chi connectivity index (χ1) is 9.30. The highest BCUT2D eigenvalue weighted by Crippen LogP contribution is 2.26. The molecule has 7 nitrogen and oxygen atoms in total. The highest BCUT2D eigenvalue weighted by molar-refractivity contribution is 7.91. The van der Waals surface area contributed by atoms with Crippen LogP contribution in [0.3, 0.4) is 0 Å². The van der Waals surface area contributed by atoms with E-state index in [1.54, 1.807) is 7.05 Å². The number of rotatable bonds is 4. The second-order valence-corrected chi connectivity index (χ2v) is 7.78. The number of thiophene rings is 1. The summed E-state index contributed by atoms with van der Waals surface area (Å²) in [5.74, 6) is -1.26. The number of aliphatic carboxylic acids is 1. The summed E-state index contributed by atoms with van der Waals surface area (Å²) in [6.07, 6.45) is -0.206. The van der Waals surface area contributed by atoms with Crippen molar-refractivity contribution in [2.24, 2.45) is 0 Å². The van der Waals surface area contributed by atoms with E-state index in [0.29, 0.717) is 11.4 Å². The smallest absolute Gasteiger partial charge is 0.308 e. The molecule has 2 rings (SSSR count). The molecule has 1 N–H and O–H groups in total. The van der Waals surface area contributed by atoms with Crippen molar-refractivity contribution in [2.45, 2.75) is 10.6 Å². The number of amides is 1. The third-order valence-corrected chi connectivity index (χ3v) is 6.38. The van der Waals surface area contributed by atoms with Crippen molar-refractivity contribution < 1.29 is 23.1 Å². The van der Waals surface area contributed by atoms with Gasteiger partial charge in [0.05, 0.1) is 13.0 Å². The normalized spacial score (nSPS) is 17.4. The van der Waals surface area contributed by atoms with Crippen LogP contribution in [0.25, 0.3) is 0 Å². The highest BCUT2D eigenvalue weighted by atomic mass is 32.2. The predicted octanol–water partition coefficient (Wildman–Crippen LogP) is -0.162. The van der Waals surface area contributed by atoms with Crippen molar-refractivity contribution in [3.8, 4) is 0 Å². The summed E-state index contributed by atoms with van der Waals surface area (Å²) in [5.41, 5.74) is 0. The van der Waals surface area contributed by atoms with Crippen LogP contribution in [0.1, 0.15) is 4.88 Å². The molecule has 1 saturated heterocycles. The summed E-state index contributed by atoms with van der Waals surface area (Å²) in [4.78, 5) is 24.1. The molecule has 0 atom stereocenters. The Kier molecular flexibility index (Phi) is 4.11. The Bertz CT molecular complexity index is 637. The van der Waals surface area contributed by atoms with Gasteiger partial charge in [0.15, 0.2) is 0 Å². The molecule has 1 aromatic heterocycles. The molecule has 2 heterocycles. The molecule has 0 aromatic carbocycles. The molecule has 0 saturated carbocycles. The van der Waals surface area contributed by atoms with E-state index in [2.05, 4.69) is 0 Å². The van der Waals surface area contributed by atoms with E-state index in [1.807, 2.05) is 0 Å². The highest BCUT2D eigenvalue weighted by Gasteiger charge is 2.32. The van der Waals surface area contributed by atoms with Gasteiger partial charge in [0.1, 0.15) is 4.21 Å². The molecule has 1 aromatic rings. The minimum Gasteiger partial charge on any atom is -0.481 e. The fourth-order valence-corrected chi connectivity index (χ4v) is 4.69. The van der Waals surface area contributed by atoms with Gasteiger partial charge in [-0.1, -0.05) is 0 Å². The quantitative estimate of drug-likeness (QED) is 0.832. The fraction of sp³-hybridized carbons (Fsp3) is 0.455. The maximum atomic E-state index is 12.4. The number of carboxylic acids is 1. The van der Waals surface area contributed by atoms with E-state index >= 15 is 0 Å². The molecule has 0 bridgehead atoms.